The van der Waals surface area contributed by atoms with E-state index in [2.05, 4.69) is 16.8 Å². The molecule has 1 aromatic carbocycles. The minimum absolute atomic E-state index is 0.0646. The molecule has 1 unspecified atom stereocenters. The summed E-state index contributed by atoms with van der Waals surface area (Å²) in [6.45, 7) is 9.40. The molecule has 1 atom stereocenters. The highest BCUT2D eigenvalue weighted by Crippen LogP contribution is 2.31. The number of rotatable bonds is 4. The first-order chi connectivity index (χ1) is 9.91. The van der Waals surface area contributed by atoms with E-state index in [1.165, 1.54) is 0 Å². The molecule has 0 radical (unpaired) electrons. The summed E-state index contributed by atoms with van der Waals surface area (Å²) in [5.74, 6) is 0.0344. The third-order valence-electron chi connectivity index (χ3n) is 4.13. The molecule has 0 amide bonds. The van der Waals surface area contributed by atoms with Gasteiger partial charge >= 0.3 is 0 Å². The molecule has 1 N–H and O–H groups in total. The van der Waals surface area contributed by atoms with Crippen molar-refractivity contribution in [3.05, 3.63) is 29.3 Å². The Bertz CT molecular complexity index is 504. The Morgan fingerprint density at radius 2 is 1.76 bits per heavy atom. The number of benzene rings is 1. The first-order valence-electron chi connectivity index (χ1n) is 7.70. The van der Waals surface area contributed by atoms with Crippen LogP contribution < -0.4 is 4.90 Å². The zero-order valence-electron chi connectivity index (χ0n) is 13.5. The Hall–Kier alpha value is -1.39. The molecule has 0 aliphatic carbocycles. The summed E-state index contributed by atoms with van der Waals surface area (Å²) in [4.78, 5) is 17.0. The highest BCUT2D eigenvalue weighted by molar-refractivity contribution is 6.00. The lowest BCUT2D eigenvalue weighted by molar-refractivity contribution is 0.0933. The number of aliphatic hydroxyl groups excluding tert-OH is 1. The molecule has 4 nitrogen and oxygen atoms in total. The summed E-state index contributed by atoms with van der Waals surface area (Å²) in [6.07, 6.45) is -0.640. The Kier molecular flexibility index (Phi) is 5.01. The average Bonchev–Trinajstić information content (AvgIpc) is 2.46. The molecule has 2 rings (SSSR count). The van der Waals surface area contributed by atoms with E-state index >= 15 is 0 Å². The highest BCUT2D eigenvalue weighted by Gasteiger charge is 2.24. The molecule has 116 valence electrons. The quantitative estimate of drug-likeness (QED) is 0.864. The van der Waals surface area contributed by atoms with Gasteiger partial charge in [0.15, 0.2) is 5.78 Å². The van der Waals surface area contributed by atoms with Crippen LogP contribution in [0.3, 0.4) is 0 Å². The van der Waals surface area contributed by atoms with E-state index in [0.717, 1.165) is 37.4 Å². The predicted molar refractivity (Wildman–Crippen MR) is 86.0 cm³/mol. The van der Waals surface area contributed by atoms with Gasteiger partial charge in [0.25, 0.3) is 0 Å². The van der Waals surface area contributed by atoms with Crippen molar-refractivity contribution in [1.82, 2.24) is 4.90 Å². The van der Waals surface area contributed by atoms with E-state index in [-0.39, 0.29) is 11.7 Å². The highest BCUT2D eigenvalue weighted by atomic mass is 16.3. The molecule has 1 aromatic rings. The summed E-state index contributed by atoms with van der Waals surface area (Å²) < 4.78 is 0. The van der Waals surface area contributed by atoms with Crippen molar-refractivity contribution in [2.75, 3.05) is 38.1 Å². The van der Waals surface area contributed by atoms with Gasteiger partial charge in [-0.05, 0) is 20.0 Å². The van der Waals surface area contributed by atoms with Crippen LogP contribution in [0.2, 0.25) is 0 Å². The normalized spacial score (nSPS) is 18.1. The molecule has 0 aromatic heterocycles. The molecule has 1 aliphatic heterocycles. The molecule has 1 saturated heterocycles. The Morgan fingerprint density at radius 1 is 1.14 bits per heavy atom. The number of aliphatic hydroxyl groups is 1. The fourth-order valence-electron chi connectivity index (χ4n) is 2.84. The zero-order valence-corrected chi connectivity index (χ0v) is 13.5. The van der Waals surface area contributed by atoms with Crippen LogP contribution in [0.5, 0.6) is 0 Å². The van der Waals surface area contributed by atoms with Crippen LogP contribution >= 0.6 is 0 Å². The summed E-state index contributed by atoms with van der Waals surface area (Å²) in [5.41, 5.74) is 2.45. The Morgan fingerprint density at radius 3 is 2.29 bits per heavy atom. The van der Waals surface area contributed by atoms with Gasteiger partial charge in [-0.1, -0.05) is 26.0 Å². The number of hydrogen-bond acceptors (Lipinski definition) is 4. The fraction of sp³-hybridized carbons (Fsp3) is 0.588. The van der Waals surface area contributed by atoms with Gasteiger partial charge in [0, 0.05) is 48.9 Å². The van der Waals surface area contributed by atoms with E-state index in [0.29, 0.717) is 5.56 Å². The maximum absolute atomic E-state index is 12.4. The van der Waals surface area contributed by atoms with Crippen molar-refractivity contribution in [2.24, 2.45) is 5.92 Å². The standard InChI is InChI=1S/C17H26N2O2/c1-12(2)17(21)14-6-5-7-15(16(14)13(3)20)19-10-8-18(4)9-11-19/h5-7,12-13,20H,8-11H2,1-4H3. The number of likely N-dealkylation sites (N-methyl/N-ethyl adjacent to an activating group) is 1. The second kappa shape index (κ2) is 6.58. The maximum Gasteiger partial charge on any atom is 0.165 e. The molecule has 0 saturated carbocycles. The van der Waals surface area contributed by atoms with E-state index in [1.54, 1.807) is 6.92 Å². The summed E-state index contributed by atoms with van der Waals surface area (Å²) in [7, 11) is 2.12. The number of hydrogen-bond donors (Lipinski definition) is 1. The number of piperazine rings is 1. The largest absolute Gasteiger partial charge is 0.389 e. The van der Waals surface area contributed by atoms with E-state index in [9.17, 15) is 9.90 Å². The van der Waals surface area contributed by atoms with Crippen molar-refractivity contribution in [2.45, 2.75) is 26.9 Å². The van der Waals surface area contributed by atoms with Crippen LogP contribution in [0.1, 0.15) is 42.8 Å². The number of anilines is 1. The van der Waals surface area contributed by atoms with Crippen molar-refractivity contribution < 1.29 is 9.90 Å². The van der Waals surface area contributed by atoms with Crippen LogP contribution in [0.25, 0.3) is 0 Å². The lowest BCUT2D eigenvalue weighted by Crippen LogP contribution is -2.45. The first kappa shape index (κ1) is 16.0. The van der Waals surface area contributed by atoms with Crippen LogP contribution in [-0.2, 0) is 0 Å². The molecular weight excluding hydrogens is 264 g/mol. The molecule has 1 fully saturated rings. The van der Waals surface area contributed by atoms with E-state index in [1.807, 2.05) is 32.0 Å². The lowest BCUT2D eigenvalue weighted by Gasteiger charge is -2.36. The van der Waals surface area contributed by atoms with Gasteiger partial charge in [0.05, 0.1) is 6.10 Å². The average molecular weight is 290 g/mol. The van der Waals surface area contributed by atoms with Gasteiger partial charge in [-0.2, -0.15) is 0 Å². The molecule has 0 spiro atoms. The molecule has 21 heavy (non-hydrogen) atoms. The fourth-order valence-corrected chi connectivity index (χ4v) is 2.84. The molecular formula is C17H26N2O2. The van der Waals surface area contributed by atoms with Crippen molar-refractivity contribution in [1.29, 1.82) is 0 Å². The van der Waals surface area contributed by atoms with Crippen molar-refractivity contribution >= 4 is 11.5 Å². The molecule has 1 aliphatic rings. The van der Waals surface area contributed by atoms with Crippen molar-refractivity contribution in [3.63, 3.8) is 0 Å². The van der Waals surface area contributed by atoms with Gasteiger partial charge in [0.2, 0.25) is 0 Å². The lowest BCUT2D eigenvalue weighted by atomic mass is 9.92. The smallest absolute Gasteiger partial charge is 0.165 e. The topological polar surface area (TPSA) is 43.8 Å². The number of Topliss-reactive ketones (excluding diaryl/α,β-unsaturated/α-hetero) is 1. The Labute approximate surface area is 127 Å². The van der Waals surface area contributed by atoms with Crippen LogP contribution in [-0.4, -0.2) is 49.0 Å². The van der Waals surface area contributed by atoms with Gasteiger partial charge in [-0.3, -0.25) is 4.79 Å². The summed E-state index contributed by atoms with van der Waals surface area (Å²) >= 11 is 0. The predicted octanol–water partition coefficient (Wildman–Crippen LogP) is 2.33. The van der Waals surface area contributed by atoms with Gasteiger partial charge in [-0.25, -0.2) is 0 Å². The second-order valence-corrected chi connectivity index (χ2v) is 6.22. The van der Waals surface area contributed by atoms with Crippen LogP contribution in [0.15, 0.2) is 18.2 Å². The van der Waals surface area contributed by atoms with E-state index < -0.39 is 6.10 Å². The summed E-state index contributed by atoms with van der Waals surface area (Å²) in [6, 6.07) is 5.78. The number of ketones is 1. The van der Waals surface area contributed by atoms with Gasteiger partial charge in [0.1, 0.15) is 0 Å². The summed E-state index contributed by atoms with van der Waals surface area (Å²) in [5, 5.41) is 10.2. The molecule has 4 heteroatoms. The number of carbonyl (C=O) groups is 1. The monoisotopic (exact) mass is 290 g/mol. The van der Waals surface area contributed by atoms with Crippen LogP contribution in [0.4, 0.5) is 5.69 Å². The number of nitrogens with zero attached hydrogens (tertiary/aromatic N) is 2. The maximum atomic E-state index is 12.4. The third kappa shape index (κ3) is 3.44. The third-order valence-corrected chi connectivity index (χ3v) is 4.13. The first-order valence-corrected chi connectivity index (χ1v) is 7.70. The zero-order chi connectivity index (χ0) is 15.6. The molecule has 1 heterocycles. The second-order valence-electron chi connectivity index (χ2n) is 6.22. The molecule has 0 bridgehead atoms. The van der Waals surface area contributed by atoms with E-state index in [4.69, 9.17) is 0 Å². The number of carbonyl (C=O) groups excluding carboxylic acids is 1. The Balaban J connectivity index is 2.41. The van der Waals surface area contributed by atoms with Gasteiger partial charge in [-0.15, -0.1) is 0 Å². The minimum Gasteiger partial charge on any atom is -0.389 e. The SMILES string of the molecule is CC(C)C(=O)c1cccc(N2CCN(C)CC2)c1C(C)O. The minimum atomic E-state index is -0.640. The van der Waals surface area contributed by atoms with Crippen LogP contribution in [0, 0.1) is 5.92 Å². The van der Waals surface area contributed by atoms with Crippen molar-refractivity contribution in [3.8, 4) is 0 Å². The van der Waals surface area contributed by atoms with Gasteiger partial charge < -0.3 is 14.9 Å².